The van der Waals surface area contributed by atoms with Crippen molar-refractivity contribution < 1.29 is 14.6 Å². The molecule has 1 aliphatic heterocycles. The van der Waals surface area contributed by atoms with Crippen LogP contribution in [0.5, 0.6) is 5.75 Å². The molecule has 5 heteroatoms. The van der Waals surface area contributed by atoms with Crippen LogP contribution in [0.3, 0.4) is 0 Å². The average Bonchev–Trinajstić information content (AvgIpc) is 2.90. The second-order valence-corrected chi connectivity index (χ2v) is 5.31. The predicted molar refractivity (Wildman–Crippen MR) is 77.6 cm³/mol. The first-order valence-electron chi connectivity index (χ1n) is 7.09. The molecule has 5 nitrogen and oxygen atoms in total. The maximum atomic E-state index is 11.5. The molecule has 1 atom stereocenters. The second kappa shape index (κ2) is 5.60. The van der Waals surface area contributed by atoms with E-state index in [1.807, 2.05) is 35.0 Å². The third-order valence-corrected chi connectivity index (χ3v) is 3.95. The lowest BCUT2D eigenvalue weighted by Gasteiger charge is -2.24. The lowest BCUT2D eigenvalue weighted by molar-refractivity contribution is -0.141. The van der Waals surface area contributed by atoms with Crippen molar-refractivity contribution in [3.63, 3.8) is 0 Å². The SMILES string of the molecule is COc1cccc(Cc2ncc3n2C(C(=O)O)CCC3)c1. The second-order valence-electron chi connectivity index (χ2n) is 5.31. The third kappa shape index (κ3) is 2.63. The quantitative estimate of drug-likeness (QED) is 0.937. The summed E-state index contributed by atoms with van der Waals surface area (Å²) >= 11 is 0. The van der Waals surface area contributed by atoms with Crippen molar-refractivity contribution in [2.24, 2.45) is 0 Å². The Balaban J connectivity index is 1.93. The molecule has 1 unspecified atom stereocenters. The largest absolute Gasteiger partial charge is 0.497 e. The van der Waals surface area contributed by atoms with Crippen LogP contribution in [-0.4, -0.2) is 27.7 Å². The van der Waals surface area contributed by atoms with Crippen LogP contribution in [-0.2, 0) is 17.6 Å². The van der Waals surface area contributed by atoms with E-state index in [0.717, 1.165) is 35.7 Å². The summed E-state index contributed by atoms with van der Waals surface area (Å²) in [6.45, 7) is 0. The van der Waals surface area contributed by atoms with Crippen molar-refractivity contribution in [2.75, 3.05) is 7.11 Å². The van der Waals surface area contributed by atoms with E-state index in [-0.39, 0.29) is 0 Å². The molecule has 0 saturated carbocycles. The minimum absolute atomic E-state index is 0.489. The smallest absolute Gasteiger partial charge is 0.326 e. The topological polar surface area (TPSA) is 64.4 Å². The van der Waals surface area contributed by atoms with E-state index >= 15 is 0 Å². The fourth-order valence-corrected chi connectivity index (χ4v) is 2.94. The van der Waals surface area contributed by atoms with E-state index in [0.29, 0.717) is 12.8 Å². The molecule has 0 spiro atoms. The average molecular weight is 286 g/mol. The summed E-state index contributed by atoms with van der Waals surface area (Å²) in [5, 5.41) is 9.41. The van der Waals surface area contributed by atoms with Gasteiger partial charge in [0.25, 0.3) is 0 Å². The van der Waals surface area contributed by atoms with E-state index in [1.165, 1.54) is 0 Å². The number of rotatable bonds is 4. The molecule has 0 radical (unpaired) electrons. The highest BCUT2D eigenvalue weighted by atomic mass is 16.5. The number of methoxy groups -OCH3 is 1. The molecule has 1 N–H and O–H groups in total. The maximum Gasteiger partial charge on any atom is 0.326 e. The number of carboxylic acids is 1. The number of imidazole rings is 1. The molecule has 0 saturated heterocycles. The van der Waals surface area contributed by atoms with Gasteiger partial charge in [-0.25, -0.2) is 9.78 Å². The van der Waals surface area contributed by atoms with Gasteiger partial charge in [-0.05, 0) is 37.0 Å². The highest BCUT2D eigenvalue weighted by Crippen LogP contribution is 2.28. The van der Waals surface area contributed by atoms with Gasteiger partial charge < -0.3 is 14.4 Å². The summed E-state index contributed by atoms with van der Waals surface area (Å²) in [5.74, 6) is 0.832. The zero-order valence-electron chi connectivity index (χ0n) is 12.0. The van der Waals surface area contributed by atoms with Gasteiger partial charge in [0.15, 0.2) is 0 Å². The zero-order valence-corrected chi connectivity index (χ0v) is 12.0. The molecule has 0 bridgehead atoms. The van der Waals surface area contributed by atoms with Gasteiger partial charge in [-0.2, -0.15) is 0 Å². The summed E-state index contributed by atoms with van der Waals surface area (Å²) in [5.41, 5.74) is 2.09. The van der Waals surface area contributed by atoms with E-state index in [2.05, 4.69) is 4.98 Å². The highest BCUT2D eigenvalue weighted by Gasteiger charge is 2.28. The summed E-state index contributed by atoms with van der Waals surface area (Å²) in [6.07, 6.45) is 4.89. The van der Waals surface area contributed by atoms with Crippen molar-refractivity contribution in [1.82, 2.24) is 9.55 Å². The van der Waals surface area contributed by atoms with Crippen LogP contribution in [0.15, 0.2) is 30.5 Å². The Labute approximate surface area is 123 Å². The minimum atomic E-state index is -0.777. The number of hydrogen-bond acceptors (Lipinski definition) is 3. The van der Waals surface area contributed by atoms with Crippen LogP contribution < -0.4 is 4.74 Å². The zero-order chi connectivity index (χ0) is 14.8. The number of nitrogens with zero attached hydrogens (tertiary/aromatic N) is 2. The molecule has 110 valence electrons. The fraction of sp³-hybridized carbons (Fsp3) is 0.375. The van der Waals surface area contributed by atoms with Crippen LogP contribution in [0.25, 0.3) is 0 Å². The van der Waals surface area contributed by atoms with Crippen molar-refractivity contribution >= 4 is 5.97 Å². The molecular formula is C16H18N2O3. The lowest BCUT2D eigenvalue weighted by atomic mass is 10.0. The van der Waals surface area contributed by atoms with Gasteiger partial charge in [-0.3, -0.25) is 0 Å². The summed E-state index contributed by atoms with van der Waals surface area (Å²) in [7, 11) is 1.64. The molecule has 1 aliphatic rings. The number of carbonyl (C=O) groups is 1. The Morgan fingerprint density at radius 3 is 3.14 bits per heavy atom. The number of ether oxygens (including phenoxy) is 1. The molecule has 2 aromatic rings. The van der Waals surface area contributed by atoms with Crippen LogP contribution >= 0.6 is 0 Å². The molecular weight excluding hydrogens is 268 g/mol. The Morgan fingerprint density at radius 2 is 2.38 bits per heavy atom. The fourth-order valence-electron chi connectivity index (χ4n) is 2.94. The number of aryl methyl sites for hydroxylation is 1. The number of fused-ring (bicyclic) bond motifs is 1. The minimum Gasteiger partial charge on any atom is -0.497 e. The Bertz CT molecular complexity index is 663. The summed E-state index contributed by atoms with van der Waals surface area (Å²) in [4.78, 5) is 15.9. The molecule has 0 aliphatic carbocycles. The molecule has 0 amide bonds. The monoisotopic (exact) mass is 286 g/mol. The van der Waals surface area contributed by atoms with Crippen molar-refractivity contribution in [3.05, 3.63) is 47.5 Å². The van der Waals surface area contributed by atoms with E-state index in [9.17, 15) is 9.90 Å². The standard InChI is InChI=1S/C16H18N2O3/c1-21-13-6-2-4-11(8-13)9-15-17-10-12-5-3-7-14(16(19)20)18(12)15/h2,4,6,8,10,14H,3,5,7,9H2,1H3,(H,19,20). The molecule has 0 fully saturated rings. The third-order valence-electron chi connectivity index (χ3n) is 3.95. The van der Waals surface area contributed by atoms with E-state index in [4.69, 9.17) is 4.74 Å². The van der Waals surface area contributed by atoms with Crippen molar-refractivity contribution in [2.45, 2.75) is 31.7 Å². The van der Waals surface area contributed by atoms with Crippen LogP contribution in [0.4, 0.5) is 0 Å². The number of aromatic nitrogens is 2. The summed E-state index contributed by atoms with van der Waals surface area (Å²) < 4.78 is 7.12. The maximum absolute atomic E-state index is 11.5. The Hall–Kier alpha value is -2.30. The first kappa shape index (κ1) is 13.7. The number of benzene rings is 1. The van der Waals surface area contributed by atoms with Crippen molar-refractivity contribution in [1.29, 1.82) is 0 Å². The number of aliphatic carboxylic acids is 1. The lowest BCUT2D eigenvalue weighted by Crippen LogP contribution is -2.26. The van der Waals surface area contributed by atoms with Crippen LogP contribution in [0, 0.1) is 0 Å². The summed E-state index contributed by atoms with van der Waals surface area (Å²) in [6, 6.07) is 7.30. The molecule has 21 heavy (non-hydrogen) atoms. The molecule has 1 aromatic heterocycles. The van der Waals surface area contributed by atoms with Gasteiger partial charge in [-0.15, -0.1) is 0 Å². The highest BCUT2D eigenvalue weighted by molar-refractivity contribution is 5.72. The Morgan fingerprint density at radius 1 is 1.52 bits per heavy atom. The molecule has 2 heterocycles. The van der Waals surface area contributed by atoms with E-state index in [1.54, 1.807) is 7.11 Å². The van der Waals surface area contributed by atoms with Gasteiger partial charge in [0, 0.05) is 18.3 Å². The Kier molecular flexibility index (Phi) is 3.64. The first-order valence-corrected chi connectivity index (χ1v) is 7.09. The van der Waals surface area contributed by atoms with Gasteiger partial charge in [0.05, 0.1) is 7.11 Å². The van der Waals surface area contributed by atoms with Crippen molar-refractivity contribution in [3.8, 4) is 5.75 Å². The van der Waals surface area contributed by atoms with Gasteiger partial charge >= 0.3 is 5.97 Å². The number of carboxylic acid groups (broad SMARTS) is 1. The van der Waals surface area contributed by atoms with Gasteiger partial charge in [-0.1, -0.05) is 12.1 Å². The predicted octanol–water partition coefficient (Wildman–Crippen LogP) is 2.44. The number of hydrogen-bond donors (Lipinski definition) is 1. The van der Waals surface area contributed by atoms with Crippen LogP contribution in [0.1, 0.15) is 36.0 Å². The first-order chi connectivity index (χ1) is 10.2. The molecule has 3 rings (SSSR count). The molecule has 1 aromatic carbocycles. The van der Waals surface area contributed by atoms with Gasteiger partial charge in [0.2, 0.25) is 0 Å². The van der Waals surface area contributed by atoms with Gasteiger partial charge in [0.1, 0.15) is 17.6 Å². The van der Waals surface area contributed by atoms with Crippen LogP contribution in [0.2, 0.25) is 0 Å². The van der Waals surface area contributed by atoms with E-state index < -0.39 is 12.0 Å². The normalized spacial score (nSPS) is 17.3.